The molecule has 1 amide bonds. The molecule has 1 fully saturated rings. The molecule has 0 aliphatic carbocycles. The van der Waals surface area contributed by atoms with Crippen molar-refractivity contribution in [3.8, 4) is 0 Å². The third kappa shape index (κ3) is 3.37. The molecule has 0 spiro atoms. The predicted molar refractivity (Wildman–Crippen MR) is 82.0 cm³/mol. The number of pyridine rings is 1. The SMILES string of the molecule is Cc1cc(C)c(NC(=O)C2CCCCCN2C)c(C)n1. The molecule has 20 heavy (non-hydrogen) atoms. The van der Waals surface area contributed by atoms with Crippen molar-refractivity contribution in [1.82, 2.24) is 9.88 Å². The van der Waals surface area contributed by atoms with Gasteiger partial charge in [-0.1, -0.05) is 12.8 Å². The smallest absolute Gasteiger partial charge is 0.241 e. The number of aryl methyl sites for hydroxylation is 3. The Balaban J connectivity index is 2.15. The maximum atomic E-state index is 12.5. The Kier molecular flexibility index (Phi) is 4.76. The standard InChI is InChI=1S/C16H25N3O/c1-11-10-12(2)17-13(3)15(11)18-16(20)14-8-6-5-7-9-19(14)4/h10,14H,5-9H2,1-4H3,(H,18,20). The minimum Gasteiger partial charge on any atom is -0.323 e. The highest BCUT2D eigenvalue weighted by molar-refractivity contribution is 5.95. The summed E-state index contributed by atoms with van der Waals surface area (Å²) >= 11 is 0. The first-order valence-electron chi connectivity index (χ1n) is 7.45. The van der Waals surface area contributed by atoms with E-state index in [1.165, 1.54) is 12.8 Å². The van der Waals surface area contributed by atoms with Gasteiger partial charge >= 0.3 is 0 Å². The number of hydrogen-bond donors (Lipinski definition) is 1. The number of rotatable bonds is 2. The zero-order valence-corrected chi connectivity index (χ0v) is 13.0. The van der Waals surface area contributed by atoms with E-state index in [4.69, 9.17) is 0 Å². The Morgan fingerprint density at radius 2 is 2.05 bits per heavy atom. The lowest BCUT2D eigenvalue weighted by molar-refractivity contribution is -0.120. The van der Waals surface area contributed by atoms with E-state index in [-0.39, 0.29) is 11.9 Å². The molecular weight excluding hydrogens is 250 g/mol. The van der Waals surface area contributed by atoms with Crippen molar-refractivity contribution in [2.45, 2.75) is 52.5 Å². The molecule has 0 radical (unpaired) electrons. The second kappa shape index (κ2) is 6.35. The molecule has 1 aromatic rings. The van der Waals surface area contributed by atoms with Crippen LogP contribution in [0.5, 0.6) is 0 Å². The Morgan fingerprint density at radius 1 is 1.30 bits per heavy atom. The summed E-state index contributed by atoms with van der Waals surface area (Å²) in [6.45, 7) is 6.95. The summed E-state index contributed by atoms with van der Waals surface area (Å²) in [6.07, 6.45) is 4.48. The van der Waals surface area contributed by atoms with Gasteiger partial charge in [0.05, 0.1) is 17.4 Å². The predicted octanol–water partition coefficient (Wildman–Crippen LogP) is 2.82. The molecule has 1 aromatic heterocycles. The minimum absolute atomic E-state index is 0.0161. The molecule has 1 saturated heterocycles. The van der Waals surface area contributed by atoms with E-state index in [9.17, 15) is 4.79 Å². The molecule has 0 aromatic carbocycles. The summed E-state index contributed by atoms with van der Waals surface area (Å²) < 4.78 is 0. The van der Waals surface area contributed by atoms with Gasteiger partial charge in [-0.05, 0) is 58.8 Å². The maximum absolute atomic E-state index is 12.5. The van der Waals surface area contributed by atoms with Gasteiger partial charge in [0.15, 0.2) is 0 Å². The largest absolute Gasteiger partial charge is 0.323 e. The fourth-order valence-corrected chi connectivity index (χ4v) is 3.00. The van der Waals surface area contributed by atoms with Crippen molar-refractivity contribution in [3.63, 3.8) is 0 Å². The third-order valence-corrected chi connectivity index (χ3v) is 4.10. The van der Waals surface area contributed by atoms with Gasteiger partial charge in [0, 0.05) is 5.69 Å². The van der Waals surface area contributed by atoms with Gasteiger partial charge in [-0.15, -0.1) is 0 Å². The van der Waals surface area contributed by atoms with Crippen LogP contribution in [0.2, 0.25) is 0 Å². The van der Waals surface area contributed by atoms with Gasteiger partial charge in [0.2, 0.25) is 5.91 Å². The number of likely N-dealkylation sites (N-methyl/N-ethyl adjacent to an activating group) is 1. The number of anilines is 1. The first kappa shape index (κ1) is 15.0. The van der Waals surface area contributed by atoms with Crippen LogP contribution < -0.4 is 5.32 Å². The number of carbonyl (C=O) groups is 1. The van der Waals surface area contributed by atoms with Crippen molar-refractivity contribution in [3.05, 3.63) is 23.0 Å². The Labute approximate surface area is 121 Å². The average molecular weight is 275 g/mol. The normalized spacial score (nSPS) is 20.5. The van der Waals surface area contributed by atoms with Crippen molar-refractivity contribution in [2.24, 2.45) is 0 Å². The maximum Gasteiger partial charge on any atom is 0.241 e. The van der Waals surface area contributed by atoms with Crippen LogP contribution in [0.1, 0.15) is 42.6 Å². The van der Waals surface area contributed by atoms with Crippen LogP contribution >= 0.6 is 0 Å². The zero-order valence-electron chi connectivity index (χ0n) is 13.0. The van der Waals surface area contributed by atoms with Crippen molar-refractivity contribution < 1.29 is 4.79 Å². The lowest BCUT2D eigenvalue weighted by Crippen LogP contribution is -2.41. The quantitative estimate of drug-likeness (QED) is 0.902. The molecule has 0 saturated carbocycles. The summed E-state index contributed by atoms with van der Waals surface area (Å²) in [5.41, 5.74) is 3.84. The lowest BCUT2D eigenvalue weighted by atomic mass is 10.1. The fraction of sp³-hybridized carbons (Fsp3) is 0.625. The first-order valence-corrected chi connectivity index (χ1v) is 7.45. The third-order valence-electron chi connectivity index (χ3n) is 4.10. The summed E-state index contributed by atoms with van der Waals surface area (Å²) in [5, 5.41) is 3.09. The van der Waals surface area contributed by atoms with Crippen LogP contribution in [-0.2, 0) is 4.79 Å². The molecule has 4 nitrogen and oxygen atoms in total. The number of nitrogens with zero attached hydrogens (tertiary/aromatic N) is 2. The van der Waals surface area contributed by atoms with E-state index in [0.717, 1.165) is 42.0 Å². The van der Waals surface area contributed by atoms with Crippen LogP contribution in [0.15, 0.2) is 6.07 Å². The summed E-state index contributed by atoms with van der Waals surface area (Å²) in [5.74, 6) is 0.103. The fourth-order valence-electron chi connectivity index (χ4n) is 3.00. The van der Waals surface area contributed by atoms with Gasteiger partial charge in [0.25, 0.3) is 0 Å². The molecule has 2 rings (SSSR count). The topological polar surface area (TPSA) is 45.2 Å². The second-order valence-corrected chi connectivity index (χ2v) is 5.88. The molecule has 110 valence electrons. The van der Waals surface area contributed by atoms with Gasteiger partial charge in [-0.25, -0.2) is 0 Å². The van der Waals surface area contributed by atoms with Crippen LogP contribution in [0, 0.1) is 20.8 Å². The van der Waals surface area contributed by atoms with Crippen LogP contribution in [-0.4, -0.2) is 35.4 Å². The van der Waals surface area contributed by atoms with Crippen LogP contribution in [0.3, 0.4) is 0 Å². The van der Waals surface area contributed by atoms with Gasteiger partial charge in [0.1, 0.15) is 0 Å². The van der Waals surface area contributed by atoms with E-state index >= 15 is 0 Å². The van der Waals surface area contributed by atoms with E-state index in [1.807, 2.05) is 33.9 Å². The zero-order chi connectivity index (χ0) is 14.7. The number of nitrogens with one attached hydrogen (secondary N) is 1. The molecule has 0 bridgehead atoms. The highest BCUT2D eigenvalue weighted by Gasteiger charge is 2.25. The average Bonchev–Trinajstić information content (AvgIpc) is 2.58. The molecule has 1 aliphatic heterocycles. The van der Waals surface area contributed by atoms with E-state index in [1.54, 1.807) is 0 Å². The molecule has 2 heterocycles. The lowest BCUT2D eigenvalue weighted by Gasteiger charge is -2.25. The molecule has 1 unspecified atom stereocenters. The van der Waals surface area contributed by atoms with Crippen LogP contribution in [0.4, 0.5) is 5.69 Å². The van der Waals surface area contributed by atoms with Crippen molar-refractivity contribution in [1.29, 1.82) is 0 Å². The number of carbonyl (C=O) groups excluding carboxylic acids is 1. The molecule has 1 atom stereocenters. The molecular formula is C16H25N3O. The summed E-state index contributed by atoms with van der Waals surface area (Å²) in [4.78, 5) is 19.2. The van der Waals surface area contributed by atoms with Gasteiger partial charge < -0.3 is 5.32 Å². The number of aromatic nitrogens is 1. The Morgan fingerprint density at radius 3 is 2.75 bits per heavy atom. The number of hydrogen-bond acceptors (Lipinski definition) is 3. The molecule has 1 N–H and O–H groups in total. The van der Waals surface area contributed by atoms with E-state index < -0.39 is 0 Å². The van der Waals surface area contributed by atoms with E-state index in [2.05, 4.69) is 15.2 Å². The van der Waals surface area contributed by atoms with Crippen molar-refractivity contribution in [2.75, 3.05) is 18.9 Å². The molecule has 4 heteroatoms. The monoisotopic (exact) mass is 275 g/mol. The van der Waals surface area contributed by atoms with Crippen LogP contribution in [0.25, 0.3) is 0 Å². The minimum atomic E-state index is -0.0161. The van der Waals surface area contributed by atoms with Crippen molar-refractivity contribution >= 4 is 11.6 Å². The Bertz CT molecular complexity index is 475. The van der Waals surface area contributed by atoms with Gasteiger partial charge in [-0.3, -0.25) is 14.7 Å². The summed E-state index contributed by atoms with van der Waals surface area (Å²) in [6, 6.07) is 2.00. The number of likely N-dealkylation sites (tertiary alicyclic amines) is 1. The number of amides is 1. The van der Waals surface area contributed by atoms with Gasteiger partial charge in [-0.2, -0.15) is 0 Å². The highest BCUT2D eigenvalue weighted by Crippen LogP contribution is 2.22. The second-order valence-electron chi connectivity index (χ2n) is 5.88. The van der Waals surface area contributed by atoms with E-state index in [0.29, 0.717) is 0 Å². The Hall–Kier alpha value is -1.42. The molecule has 1 aliphatic rings. The summed E-state index contributed by atoms with van der Waals surface area (Å²) in [7, 11) is 2.04. The first-order chi connectivity index (χ1) is 9.49. The highest BCUT2D eigenvalue weighted by atomic mass is 16.2.